The van der Waals surface area contributed by atoms with Crippen LogP contribution in [-0.2, 0) is 13.0 Å². The van der Waals surface area contributed by atoms with Gasteiger partial charge in [0.2, 0.25) is 0 Å². The van der Waals surface area contributed by atoms with Crippen LogP contribution in [0.5, 0.6) is 5.75 Å². The third kappa shape index (κ3) is 3.01. The van der Waals surface area contributed by atoms with Crippen molar-refractivity contribution in [2.24, 2.45) is 0 Å². The van der Waals surface area contributed by atoms with Crippen LogP contribution >= 0.6 is 11.5 Å². The van der Waals surface area contributed by atoms with Crippen molar-refractivity contribution in [2.75, 3.05) is 6.54 Å². The largest absolute Gasteiger partial charge is 0.508 e. The molecular formula is C11H13N3OS. The molecule has 0 aliphatic carbocycles. The molecular weight excluding hydrogens is 222 g/mol. The van der Waals surface area contributed by atoms with E-state index in [1.807, 2.05) is 23.6 Å². The fraction of sp³-hybridized carbons (Fsp3) is 0.273. The standard InChI is InChI=1S/C11H13N3OS/c15-11-4-2-1-3-9(11)5-6-12-7-10-8-16-14-13-10/h1-4,8,12,15H,5-7H2. The Hall–Kier alpha value is -1.46. The van der Waals surface area contributed by atoms with Gasteiger partial charge in [-0.3, -0.25) is 0 Å². The minimum atomic E-state index is 0.361. The van der Waals surface area contributed by atoms with Crippen molar-refractivity contribution < 1.29 is 5.11 Å². The Morgan fingerprint density at radius 1 is 1.31 bits per heavy atom. The van der Waals surface area contributed by atoms with Gasteiger partial charge in [-0.1, -0.05) is 22.7 Å². The van der Waals surface area contributed by atoms with E-state index < -0.39 is 0 Å². The number of phenols is 1. The van der Waals surface area contributed by atoms with Crippen LogP contribution in [0.2, 0.25) is 0 Å². The van der Waals surface area contributed by atoms with Gasteiger partial charge in [0.15, 0.2) is 0 Å². The van der Waals surface area contributed by atoms with Crippen molar-refractivity contribution >= 4 is 11.5 Å². The maximum atomic E-state index is 9.55. The van der Waals surface area contributed by atoms with Gasteiger partial charge in [0.1, 0.15) is 5.75 Å². The van der Waals surface area contributed by atoms with Crippen LogP contribution in [0.4, 0.5) is 0 Å². The first-order valence-corrected chi connectivity index (χ1v) is 5.93. The number of aromatic hydroxyl groups is 1. The summed E-state index contributed by atoms with van der Waals surface area (Å²) in [4.78, 5) is 0. The molecule has 1 aromatic heterocycles. The number of phenolic OH excluding ortho intramolecular Hbond substituents is 1. The van der Waals surface area contributed by atoms with Crippen LogP contribution < -0.4 is 5.32 Å². The van der Waals surface area contributed by atoms with Crippen LogP contribution in [-0.4, -0.2) is 21.2 Å². The van der Waals surface area contributed by atoms with Gasteiger partial charge in [-0.15, -0.1) is 5.10 Å². The quantitative estimate of drug-likeness (QED) is 0.772. The van der Waals surface area contributed by atoms with E-state index in [1.165, 1.54) is 11.5 Å². The molecule has 0 amide bonds. The van der Waals surface area contributed by atoms with Crippen molar-refractivity contribution in [2.45, 2.75) is 13.0 Å². The molecule has 0 saturated carbocycles. The number of rotatable bonds is 5. The van der Waals surface area contributed by atoms with E-state index in [1.54, 1.807) is 6.07 Å². The van der Waals surface area contributed by atoms with E-state index in [2.05, 4.69) is 14.9 Å². The number of benzene rings is 1. The molecule has 16 heavy (non-hydrogen) atoms. The Morgan fingerprint density at radius 2 is 2.19 bits per heavy atom. The summed E-state index contributed by atoms with van der Waals surface area (Å²) >= 11 is 1.36. The number of nitrogens with zero attached hydrogens (tertiary/aromatic N) is 2. The SMILES string of the molecule is Oc1ccccc1CCNCc1csnn1. The highest BCUT2D eigenvalue weighted by molar-refractivity contribution is 7.03. The lowest BCUT2D eigenvalue weighted by Gasteiger charge is -2.04. The monoisotopic (exact) mass is 235 g/mol. The molecule has 0 radical (unpaired) electrons. The van der Waals surface area contributed by atoms with Gasteiger partial charge in [-0.2, -0.15) is 0 Å². The van der Waals surface area contributed by atoms with Crippen LogP contribution in [0.25, 0.3) is 0 Å². The zero-order valence-corrected chi connectivity index (χ0v) is 9.57. The summed E-state index contributed by atoms with van der Waals surface area (Å²) in [5.41, 5.74) is 1.92. The van der Waals surface area contributed by atoms with Crippen LogP contribution in [0.1, 0.15) is 11.3 Å². The van der Waals surface area contributed by atoms with Crippen LogP contribution in [0, 0.1) is 0 Å². The van der Waals surface area contributed by atoms with E-state index in [4.69, 9.17) is 0 Å². The van der Waals surface area contributed by atoms with Crippen molar-refractivity contribution in [3.8, 4) is 5.75 Å². The molecule has 0 fully saturated rings. The molecule has 0 atom stereocenters. The lowest BCUT2D eigenvalue weighted by atomic mass is 10.1. The first-order chi connectivity index (χ1) is 7.86. The van der Waals surface area contributed by atoms with E-state index in [-0.39, 0.29) is 0 Å². The molecule has 1 heterocycles. The number of nitrogens with one attached hydrogen (secondary N) is 1. The Kier molecular flexibility index (Phi) is 3.85. The maximum Gasteiger partial charge on any atom is 0.118 e. The average molecular weight is 235 g/mol. The second-order valence-electron chi connectivity index (χ2n) is 3.45. The van der Waals surface area contributed by atoms with Crippen molar-refractivity contribution in [3.63, 3.8) is 0 Å². The zero-order valence-electron chi connectivity index (χ0n) is 8.76. The summed E-state index contributed by atoms with van der Waals surface area (Å²) in [6.07, 6.45) is 0.810. The minimum absolute atomic E-state index is 0.361. The lowest BCUT2D eigenvalue weighted by Crippen LogP contribution is -2.16. The first-order valence-electron chi connectivity index (χ1n) is 5.10. The van der Waals surface area contributed by atoms with E-state index >= 15 is 0 Å². The summed E-state index contributed by atoms with van der Waals surface area (Å²) in [5.74, 6) is 0.361. The Bertz CT molecular complexity index is 431. The molecule has 5 heteroatoms. The predicted octanol–water partition coefficient (Wildman–Crippen LogP) is 1.58. The summed E-state index contributed by atoms with van der Waals surface area (Å²) in [6.45, 7) is 1.54. The second kappa shape index (κ2) is 5.58. The summed E-state index contributed by atoms with van der Waals surface area (Å²) < 4.78 is 3.78. The molecule has 4 nitrogen and oxygen atoms in total. The third-order valence-electron chi connectivity index (χ3n) is 2.27. The highest BCUT2D eigenvalue weighted by Gasteiger charge is 1.99. The van der Waals surface area contributed by atoms with Gasteiger partial charge >= 0.3 is 0 Å². The molecule has 0 aliphatic heterocycles. The molecule has 0 saturated heterocycles. The van der Waals surface area contributed by atoms with Gasteiger partial charge in [-0.05, 0) is 36.1 Å². The average Bonchev–Trinajstić information content (AvgIpc) is 2.79. The van der Waals surface area contributed by atoms with Gasteiger partial charge in [0.05, 0.1) is 5.69 Å². The molecule has 0 bridgehead atoms. The van der Waals surface area contributed by atoms with Gasteiger partial charge in [0.25, 0.3) is 0 Å². The Balaban J connectivity index is 1.74. The number of aromatic nitrogens is 2. The minimum Gasteiger partial charge on any atom is -0.508 e. The van der Waals surface area contributed by atoms with Gasteiger partial charge in [-0.25, -0.2) is 0 Å². The van der Waals surface area contributed by atoms with Crippen LogP contribution in [0.15, 0.2) is 29.6 Å². The topological polar surface area (TPSA) is 58.0 Å². The highest BCUT2D eigenvalue weighted by Crippen LogP contribution is 2.15. The number of hydrogen-bond donors (Lipinski definition) is 2. The van der Waals surface area contributed by atoms with E-state index in [9.17, 15) is 5.11 Å². The molecule has 1 aromatic carbocycles. The summed E-state index contributed by atoms with van der Waals surface area (Å²) in [7, 11) is 0. The smallest absolute Gasteiger partial charge is 0.118 e. The second-order valence-corrected chi connectivity index (χ2v) is 4.06. The fourth-order valence-electron chi connectivity index (χ4n) is 1.42. The number of hydrogen-bond acceptors (Lipinski definition) is 5. The fourth-order valence-corrected chi connectivity index (χ4v) is 1.87. The lowest BCUT2D eigenvalue weighted by molar-refractivity contribution is 0.467. The summed E-state index contributed by atoms with van der Waals surface area (Å²) in [6, 6.07) is 7.40. The van der Waals surface area contributed by atoms with E-state index in [0.717, 1.165) is 30.8 Å². The molecule has 2 N–H and O–H groups in total. The highest BCUT2D eigenvalue weighted by atomic mass is 32.1. The first kappa shape index (κ1) is 11.0. The normalized spacial score (nSPS) is 10.5. The molecule has 0 unspecified atom stereocenters. The molecule has 0 spiro atoms. The molecule has 2 aromatic rings. The molecule has 0 aliphatic rings. The number of para-hydroxylation sites is 1. The molecule has 2 rings (SSSR count). The van der Waals surface area contributed by atoms with Crippen molar-refractivity contribution in [3.05, 3.63) is 40.9 Å². The Morgan fingerprint density at radius 3 is 2.94 bits per heavy atom. The maximum absolute atomic E-state index is 9.55. The third-order valence-corrected chi connectivity index (χ3v) is 2.83. The van der Waals surface area contributed by atoms with Crippen LogP contribution in [0.3, 0.4) is 0 Å². The van der Waals surface area contributed by atoms with Crippen molar-refractivity contribution in [1.82, 2.24) is 14.9 Å². The van der Waals surface area contributed by atoms with Crippen molar-refractivity contribution in [1.29, 1.82) is 0 Å². The molecule has 84 valence electrons. The summed E-state index contributed by atoms with van der Waals surface area (Å²) in [5, 5.41) is 18.7. The Labute approximate surface area is 98.1 Å². The van der Waals surface area contributed by atoms with Gasteiger partial charge in [0, 0.05) is 11.9 Å². The predicted molar refractivity (Wildman–Crippen MR) is 63.4 cm³/mol. The zero-order chi connectivity index (χ0) is 11.2. The van der Waals surface area contributed by atoms with E-state index in [0.29, 0.717) is 5.75 Å². The van der Waals surface area contributed by atoms with Gasteiger partial charge < -0.3 is 10.4 Å².